The zero-order chi connectivity index (χ0) is 30.6. The standard InChI is InChI=1S/C33H43F2N3O4S/c1-23-17-28(42-3)18-24(2)31(23)43(40,41)38-14-4-5-26-7-6-25(19-29(26)38)20-30(39)36-15-12-32(13-16-36)10-8-27(9-11-32)37-21-33(34,35)22-37/h6-7,17-19,27H,4-5,8-16,20-22H2,1-3H3. The number of amides is 1. The molecule has 0 N–H and O–H groups in total. The monoisotopic (exact) mass is 615 g/mol. The highest BCUT2D eigenvalue weighted by atomic mass is 32.2. The summed E-state index contributed by atoms with van der Waals surface area (Å²) in [5.74, 6) is -1.82. The molecule has 2 aromatic rings. The number of carbonyl (C=O) groups excluding carboxylic acids is 1. The maximum absolute atomic E-state index is 14.0. The van der Waals surface area contributed by atoms with Gasteiger partial charge in [-0.25, -0.2) is 17.2 Å². The van der Waals surface area contributed by atoms with Gasteiger partial charge in [-0.2, -0.15) is 0 Å². The van der Waals surface area contributed by atoms with E-state index in [2.05, 4.69) is 0 Å². The van der Waals surface area contributed by atoms with Crippen molar-refractivity contribution in [2.24, 2.45) is 5.41 Å². The fourth-order valence-corrected chi connectivity index (χ4v) is 9.85. The molecular weight excluding hydrogens is 572 g/mol. The molecule has 0 atom stereocenters. The second-order valence-corrected chi connectivity index (χ2v) is 15.1. The largest absolute Gasteiger partial charge is 0.497 e. The number of fused-ring (bicyclic) bond motifs is 1. The summed E-state index contributed by atoms with van der Waals surface area (Å²) in [5, 5.41) is 0. The number of hydrogen-bond acceptors (Lipinski definition) is 5. The van der Waals surface area contributed by atoms with Crippen molar-refractivity contribution in [3.63, 3.8) is 0 Å². The molecule has 234 valence electrons. The van der Waals surface area contributed by atoms with E-state index in [1.54, 1.807) is 33.1 Å². The summed E-state index contributed by atoms with van der Waals surface area (Å²) < 4.78 is 61.5. The van der Waals surface area contributed by atoms with Crippen molar-refractivity contribution in [3.05, 3.63) is 52.6 Å². The number of aryl methyl sites for hydroxylation is 3. The van der Waals surface area contributed by atoms with Gasteiger partial charge in [0.1, 0.15) is 5.75 Å². The molecule has 0 bridgehead atoms. The molecule has 1 saturated carbocycles. The smallest absolute Gasteiger partial charge is 0.272 e. The molecule has 3 heterocycles. The number of benzene rings is 2. The number of methoxy groups -OCH3 is 1. The molecule has 2 aromatic carbocycles. The highest BCUT2D eigenvalue weighted by Gasteiger charge is 2.49. The minimum atomic E-state index is -3.81. The minimum absolute atomic E-state index is 0.0679. The maximum Gasteiger partial charge on any atom is 0.272 e. The second kappa shape index (κ2) is 11.3. The van der Waals surface area contributed by atoms with E-state index in [4.69, 9.17) is 4.74 Å². The van der Waals surface area contributed by atoms with Gasteiger partial charge in [0, 0.05) is 25.7 Å². The lowest BCUT2D eigenvalue weighted by Crippen LogP contribution is -2.61. The Labute approximate surface area is 254 Å². The molecule has 7 nitrogen and oxygen atoms in total. The Morgan fingerprint density at radius 2 is 1.63 bits per heavy atom. The number of likely N-dealkylation sites (tertiary alicyclic amines) is 2. The van der Waals surface area contributed by atoms with Gasteiger partial charge in [0.15, 0.2) is 0 Å². The van der Waals surface area contributed by atoms with Crippen LogP contribution in [0.3, 0.4) is 0 Å². The van der Waals surface area contributed by atoms with Gasteiger partial charge >= 0.3 is 0 Å². The number of hydrogen-bond donors (Lipinski definition) is 0. The quantitative estimate of drug-likeness (QED) is 0.430. The summed E-state index contributed by atoms with van der Waals surface area (Å²) in [4.78, 5) is 17.6. The lowest BCUT2D eigenvalue weighted by molar-refractivity contribution is -0.154. The SMILES string of the molecule is COc1cc(C)c(S(=O)(=O)N2CCCc3ccc(CC(=O)N4CCC5(CCC(N6CC(F)(F)C6)CC5)CC4)cc32)c(C)c1. The molecule has 1 aliphatic carbocycles. The number of nitrogens with zero attached hydrogens (tertiary/aromatic N) is 3. The molecule has 0 aromatic heterocycles. The Hall–Kier alpha value is -2.72. The number of ether oxygens (including phenoxy) is 1. The lowest BCUT2D eigenvalue weighted by atomic mass is 9.66. The third-order valence-corrected chi connectivity index (χ3v) is 12.5. The molecule has 0 radical (unpaired) electrons. The number of anilines is 1. The number of carbonyl (C=O) groups is 1. The Morgan fingerprint density at radius 3 is 2.23 bits per heavy atom. The summed E-state index contributed by atoms with van der Waals surface area (Å²) in [6, 6.07) is 9.61. The van der Waals surface area contributed by atoms with Crippen molar-refractivity contribution in [2.75, 3.05) is 44.1 Å². The van der Waals surface area contributed by atoms with Gasteiger partial charge in [0.25, 0.3) is 15.9 Å². The number of alkyl halides is 2. The molecule has 3 aliphatic heterocycles. The zero-order valence-corrected chi connectivity index (χ0v) is 26.3. The van der Waals surface area contributed by atoms with Gasteiger partial charge < -0.3 is 9.64 Å². The first-order chi connectivity index (χ1) is 20.4. The Bertz CT molecular complexity index is 1460. The normalized spacial score (nSPS) is 22.3. The number of rotatable bonds is 6. The average molecular weight is 616 g/mol. The summed E-state index contributed by atoms with van der Waals surface area (Å²) in [6.07, 6.45) is 7.71. The maximum atomic E-state index is 14.0. The van der Waals surface area contributed by atoms with Gasteiger partial charge in [-0.15, -0.1) is 0 Å². The third kappa shape index (κ3) is 5.89. The fraction of sp³-hybridized carbons (Fsp3) is 0.606. The van der Waals surface area contributed by atoms with E-state index >= 15 is 0 Å². The number of sulfonamides is 1. The summed E-state index contributed by atoms with van der Waals surface area (Å²) in [6.45, 7) is 5.22. The van der Waals surface area contributed by atoms with Crippen LogP contribution in [0.25, 0.3) is 0 Å². The van der Waals surface area contributed by atoms with Gasteiger partial charge in [-0.1, -0.05) is 12.1 Å². The zero-order valence-electron chi connectivity index (χ0n) is 25.5. The first-order valence-corrected chi connectivity index (χ1v) is 17.0. The Kier molecular flexibility index (Phi) is 7.99. The van der Waals surface area contributed by atoms with Crippen molar-refractivity contribution in [1.82, 2.24) is 9.80 Å². The molecular formula is C33H43F2N3O4S. The van der Waals surface area contributed by atoms with E-state index in [9.17, 15) is 22.0 Å². The van der Waals surface area contributed by atoms with Crippen LogP contribution in [0.1, 0.15) is 67.2 Å². The van der Waals surface area contributed by atoms with Crippen LogP contribution in [0.2, 0.25) is 0 Å². The van der Waals surface area contributed by atoms with Crippen LogP contribution in [-0.4, -0.2) is 75.9 Å². The second-order valence-electron chi connectivity index (χ2n) is 13.3. The predicted molar refractivity (Wildman–Crippen MR) is 162 cm³/mol. The molecule has 1 spiro atoms. The first-order valence-electron chi connectivity index (χ1n) is 15.6. The van der Waals surface area contributed by atoms with Crippen molar-refractivity contribution in [2.45, 2.75) is 88.5 Å². The first kappa shape index (κ1) is 30.3. The van der Waals surface area contributed by atoms with E-state index < -0.39 is 15.9 Å². The van der Waals surface area contributed by atoms with Crippen molar-refractivity contribution >= 4 is 21.6 Å². The van der Waals surface area contributed by atoms with E-state index in [0.29, 0.717) is 47.1 Å². The Morgan fingerprint density at radius 1 is 0.977 bits per heavy atom. The van der Waals surface area contributed by atoms with Gasteiger partial charge in [-0.05, 0) is 111 Å². The molecule has 3 fully saturated rings. The highest BCUT2D eigenvalue weighted by Crippen LogP contribution is 2.47. The van der Waals surface area contributed by atoms with Crippen LogP contribution >= 0.6 is 0 Å². The van der Waals surface area contributed by atoms with Gasteiger partial charge in [0.05, 0.1) is 37.2 Å². The molecule has 4 aliphatic rings. The average Bonchev–Trinajstić information content (AvgIpc) is 2.95. The van der Waals surface area contributed by atoms with E-state index in [0.717, 1.165) is 62.5 Å². The highest BCUT2D eigenvalue weighted by molar-refractivity contribution is 7.93. The van der Waals surface area contributed by atoms with Crippen molar-refractivity contribution in [1.29, 1.82) is 0 Å². The van der Waals surface area contributed by atoms with Crippen LogP contribution in [0, 0.1) is 19.3 Å². The van der Waals surface area contributed by atoms with Crippen LogP contribution in [0.4, 0.5) is 14.5 Å². The van der Waals surface area contributed by atoms with Crippen LogP contribution in [-0.2, 0) is 27.7 Å². The summed E-state index contributed by atoms with van der Waals surface area (Å²) in [5.41, 5.74) is 3.98. The molecule has 2 saturated heterocycles. The molecule has 0 unspecified atom stereocenters. The number of halogens is 2. The number of piperidine rings is 1. The third-order valence-electron chi connectivity index (χ3n) is 10.4. The fourth-order valence-electron chi connectivity index (χ4n) is 7.89. The van der Waals surface area contributed by atoms with Crippen LogP contribution in [0.15, 0.2) is 35.2 Å². The van der Waals surface area contributed by atoms with E-state index in [-0.39, 0.29) is 36.9 Å². The predicted octanol–water partition coefficient (Wildman–Crippen LogP) is 5.50. The molecule has 6 rings (SSSR count). The van der Waals surface area contributed by atoms with Crippen molar-refractivity contribution in [3.8, 4) is 5.75 Å². The minimum Gasteiger partial charge on any atom is -0.497 e. The molecule has 1 amide bonds. The topological polar surface area (TPSA) is 70.2 Å². The lowest BCUT2D eigenvalue weighted by Gasteiger charge is -2.51. The van der Waals surface area contributed by atoms with E-state index in [1.165, 1.54) is 4.31 Å². The van der Waals surface area contributed by atoms with Crippen LogP contribution in [0.5, 0.6) is 5.75 Å². The summed E-state index contributed by atoms with van der Waals surface area (Å²) >= 11 is 0. The molecule has 43 heavy (non-hydrogen) atoms. The van der Waals surface area contributed by atoms with Gasteiger partial charge in [-0.3, -0.25) is 14.0 Å². The van der Waals surface area contributed by atoms with E-state index in [1.807, 2.05) is 28.0 Å². The molecule has 10 heteroatoms. The Balaban J connectivity index is 1.10. The summed E-state index contributed by atoms with van der Waals surface area (Å²) in [7, 11) is -2.24. The van der Waals surface area contributed by atoms with Gasteiger partial charge in [0.2, 0.25) is 5.91 Å². The van der Waals surface area contributed by atoms with Crippen LogP contribution < -0.4 is 9.04 Å². The van der Waals surface area contributed by atoms with Crippen molar-refractivity contribution < 1.29 is 26.7 Å².